The van der Waals surface area contributed by atoms with Gasteiger partial charge in [-0.1, -0.05) is 17.7 Å². The molecule has 3 rings (SSSR count). The number of benzene rings is 2. The molecular formula is C22H29ClN2O4. The Kier molecular flexibility index (Phi) is 7.61. The molecule has 1 aliphatic heterocycles. The molecule has 1 heterocycles. The summed E-state index contributed by atoms with van der Waals surface area (Å²) in [6, 6.07) is 11.5. The molecule has 6 nitrogen and oxygen atoms in total. The van der Waals surface area contributed by atoms with Gasteiger partial charge in [-0.05, 0) is 41.8 Å². The zero-order valence-corrected chi connectivity index (χ0v) is 17.7. The predicted molar refractivity (Wildman–Crippen MR) is 114 cm³/mol. The highest BCUT2D eigenvalue weighted by Crippen LogP contribution is 2.27. The van der Waals surface area contributed by atoms with Crippen molar-refractivity contribution in [2.45, 2.75) is 25.6 Å². The van der Waals surface area contributed by atoms with E-state index in [-0.39, 0.29) is 18.4 Å². The number of phenols is 1. The highest BCUT2D eigenvalue weighted by atomic mass is 35.5. The Bertz CT molecular complexity index is 795. The van der Waals surface area contributed by atoms with Crippen molar-refractivity contribution in [2.24, 2.45) is 0 Å². The van der Waals surface area contributed by atoms with Gasteiger partial charge in [0.25, 0.3) is 0 Å². The van der Waals surface area contributed by atoms with Gasteiger partial charge in [-0.2, -0.15) is 0 Å². The number of nitrogens with zero attached hydrogens (tertiary/aromatic N) is 2. The third-order valence-corrected chi connectivity index (χ3v) is 5.67. The van der Waals surface area contributed by atoms with Crippen molar-refractivity contribution in [3.63, 3.8) is 0 Å². The number of hydrogen-bond donors (Lipinski definition) is 2. The predicted octanol–water partition coefficient (Wildman–Crippen LogP) is 3.13. The number of aromatic hydroxyl groups is 1. The van der Waals surface area contributed by atoms with Gasteiger partial charge in [0.05, 0.1) is 19.2 Å². The summed E-state index contributed by atoms with van der Waals surface area (Å²) in [5, 5.41) is 19.6. The molecule has 0 amide bonds. The summed E-state index contributed by atoms with van der Waals surface area (Å²) in [6.45, 7) is 4.37. The Morgan fingerprint density at radius 1 is 1.00 bits per heavy atom. The largest absolute Gasteiger partial charge is 0.506 e. The summed E-state index contributed by atoms with van der Waals surface area (Å²) in [4.78, 5) is 4.77. The quantitative estimate of drug-likeness (QED) is 0.684. The fourth-order valence-corrected chi connectivity index (χ4v) is 4.03. The highest BCUT2D eigenvalue weighted by Gasteiger charge is 2.27. The minimum absolute atomic E-state index is 0.104. The first-order valence-corrected chi connectivity index (χ1v) is 10.2. The van der Waals surface area contributed by atoms with Gasteiger partial charge in [0, 0.05) is 51.4 Å². The number of halogens is 1. The number of piperazine rings is 1. The fourth-order valence-electron chi connectivity index (χ4n) is 3.83. The lowest BCUT2D eigenvalue weighted by Crippen LogP contribution is -2.52. The van der Waals surface area contributed by atoms with E-state index in [1.807, 2.05) is 30.3 Å². The van der Waals surface area contributed by atoms with Crippen molar-refractivity contribution < 1.29 is 19.7 Å². The van der Waals surface area contributed by atoms with Gasteiger partial charge in [-0.3, -0.25) is 9.80 Å². The SMILES string of the molecule is COc1cc(CN2CCN(Cc3ccc(O)c(Cl)c3)C[C@H]2CCO)cc(OC)c1. The summed E-state index contributed by atoms with van der Waals surface area (Å²) in [6.07, 6.45) is 0.716. The Balaban J connectivity index is 1.68. The number of rotatable bonds is 8. The molecule has 1 saturated heterocycles. The standard InChI is InChI=1S/C22H29ClN2O4/c1-28-19-9-17(10-20(12-19)29-2)14-25-7-6-24(15-18(25)5-8-26)13-16-3-4-22(27)21(23)11-16/h3-4,9-12,18,26-27H,5-8,13-15H2,1-2H3/t18-/m1/s1. The first kappa shape index (κ1) is 21.7. The van der Waals surface area contributed by atoms with Crippen LogP contribution >= 0.6 is 11.6 Å². The zero-order chi connectivity index (χ0) is 20.8. The van der Waals surface area contributed by atoms with E-state index in [4.69, 9.17) is 21.1 Å². The van der Waals surface area contributed by atoms with Crippen LogP contribution in [0.25, 0.3) is 0 Å². The second kappa shape index (κ2) is 10.2. The Hall–Kier alpha value is -1.99. The third-order valence-electron chi connectivity index (χ3n) is 5.37. The van der Waals surface area contributed by atoms with Crippen LogP contribution in [-0.2, 0) is 13.1 Å². The lowest BCUT2D eigenvalue weighted by atomic mass is 10.1. The maximum absolute atomic E-state index is 9.61. The number of phenolic OH excluding ortho intramolecular Hbond substituents is 1. The first-order valence-electron chi connectivity index (χ1n) is 9.79. The van der Waals surface area contributed by atoms with Crippen LogP contribution in [-0.4, -0.2) is 66.5 Å². The Morgan fingerprint density at radius 2 is 1.72 bits per heavy atom. The topological polar surface area (TPSA) is 65.4 Å². The molecule has 0 radical (unpaired) electrons. The van der Waals surface area contributed by atoms with Gasteiger partial charge >= 0.3 is 0 Å². The maximum atomic E-state index is 9.61. The van der Waals surface area contributed by atoms with E-state index < -0.39 is 0 Å². The third kappa shape index (κ3) is 5.76. The first-order chi connectivity index (χ1) is 14.0. The molecule has 1 atom stereocenters. The van der Waals surface area contributed by atoms with E-state index in [0.29, 0.717) is 11.4 Å². The summed E-state index contributed by atoms with van der Waals surface area (Å²) >= 11 is 6.04. The number of aliphatic hydroxyl groups excluding tert-OH is 1. The van der Waals surface area contributed by atoms with Crippen molar-refractivity contribution in [3.8, 4) is 17.2 Å². The average Bonchev–Trinajstić information content (AvgIpc) is 2.72. The van der Waals surface area contributed by atoms with Crippen LogP contribution in [0.5, 0.6) is 17.2 Å². The summed E-state index contributed by atoms with van der Waals surface area (Å²) in [7, 11) is 3.31. The van der Waals surface area contributed by atoms with Crippen LogP contribution in [0.15, 0.2) is 36.4 Å². The molecule has 1 aliphatic rings. The van der Waals surface area contributed by atoms with Crippen molar-refractivity contribution in [1.82, 2.24) is 9.80 Å². The smallest absolute Gasteiger partial charge is 0.134 e. The van der Waals surface area contributed by atoms with E-state index in [1.54, 1.807) is 20.3 Å². The number of aliphatic hydroxyl groups is 1. The minimum atomic E-state index is 0.104. The molecule has 0 aromatic heterocycles. The summed E-state index contributed by atoms with van der Waals surface area (Å²) < 4.78 is 10.8. The van der Waals surface area contributed by atoms with Crippen LogP contribution < -0.4 is 9.47 Å². The van der Waals surface area contributed by atoms with E-state index in [9.17, 15) is 10.2 Å². The van der Waals surface area contributed by atoms with Crippen molar-refractivity contribution in [3.05, 3.63) is 52.5 Å². The van der Waals surface area contributed by atoms with Gasteiger partial charge in [0.15, 0.2) is 0 Å². The fraction of sp³-hybridized carbons (Fsp3) is 0.455. The Morgan fingerprint density at radius 3 is 2.34 bits per heavy atom. The van der Waals surface area contributed by atoms with E-state index in [1.165, 1.54) is 0 Å². The second-order valence-corrected chi connectivity index (χ2v) is 7.79. The number of methoxy groups -OCH3 is 2. The monoisotopic (exact) mass is 420 g/mol. The summed E-state index contributed by atoms with van der Waals surface area (Å²) in [5.41, 5.74) is 2.20. The molecular weight excluding hydrogens is 392 g/mol. The highest BCUT2D eigenvalue weighted by molar-refractivity contribution is 6.32. The maximum Gasteiger partial charge on any atom is 0.134 e. The zero-order valence-electron chi connectivity index (χ0n) is 17.0. The van der Waals surface area contributed by atoms with Crippen LogP contribution in [0.3, 0.4) is 0 Å². The second-order valence-electron chi connectivity index (χ2n) is 7.38. The number of ether oxygens (including phenoxy) is 2. The number of hydrogen-bond acceptors (Lipinski definition) is 6. The van der Waals surface area contributed by atoms with E-state index in [0.717, 1.165) is 55.3 Å². The normalized spacial score (nSPS) is 18.0. The summed E-state index contributed by atoms with van der Waals surface area (Å²) in [5.74, 6) is 1.66. The van der Waals surface area contributed by atoms with Crippen LogP contribution in [0.1, 0.15) is 17.5 Å². The molecule has 158 valence electrons. The van der Waals surface area contributed by atoms with E-state index >= 15 is 0 Å². The minimum Gasteiger partial charge on any atom is -0.506 e. The molecule has 1 fully saturated rings. The molecule has 0 saturated carbocycles. The van der Waals surface area contributed by atoms with Crippen LogP contribution in [0.2, 0.25) is 5.02 Å². The molecule has 2 N–H and O–H groups in total. The average molecular weight is 421 g/mol. The molecule has 2 aromatic carbocycles. The van der Waals surface area contributed by atoms with Gasteiger partial charge < -0.3 is 19.7 Å². The van der Waals surface area contributed by atoms with Gasteiger partial charge in [0.2, 0.25) is 0 Å². The lowest BCUT2D eigenvalue weighted by molar-refractivity contribution is 0.0499. The van der Waals surface area contributed by atoms with Crippen molar-refractivity contribution in [1.29, 1.82) is 0 Å². The van der Waals surface area contributed by atoms with Gasteiger partial charge in [0.1, 0.15) is 17.2 Å². The Labute approximate surface area is 177 Å². The van der Waals surface area contributed by atoms with Crippen LogP contribution in [0.4, 0.5) is 0 Å². The molecule has 0 aliphatic carbocycles. The molecule has 0 spiro atoms. The van der Waals surface area contributed by atoms with Crippen LogP contribution in [0, 0.1) is 0 Å². The molecule has 7 heteroatoms. The molecule has 29 heavy (non-hydrogen) atoms. The van der Waals surface area contributed by atoms with Gasteiger partial charge in [-0.25, -0.2) is 0 Å². The van der Waals surface area contributed by atoms with E-state index in [2.05, 4.69) is 9.80 Å². The molecule has 0 bridgehead atoms. The lowest BCUT2D eigenvalue weighted by Gasteiger charge is -2.41. The van der Waals surface area contributed by atoms with Gasteiger partial charge in [-0.15, -0.1) is 0 Å². The van der Waals surface area contributed by atoms with Crippen molar-refractivity contribution in [2.75, 3.05) is 40.5 Å². The molecule has 2 aromatic rings. The molecule has 0 unspecified atom stereocenters. The van der Waals surface area contributed by atoms with Crippen molar-refractivity contribution >= 4 is 11.6 Å².